The van der Waals surface area contributed by atoms with Gasteiger partial charge in [-0.25, -0.2) is 8.99 Å². The summed E-state index contributed by atoms with van der Waals surface area (Å²) in [6.45, 7) is 0. The van der Waals surface area contributed by atoms with Crippen molar-refractivity contribution < 1.29 is 4.21 Å². The SMILES string of the molecule is CS(=N)(=O)c1ccncc1. The zero-order valence-corrected chi connectivity index (χ0v) is 6.39. The predicted octanol–water partition coefficient (Wildman–Crippen LogP) is 1.12. The van der Waals surface area contributed by atoms with E-state index in [9.17, 15) is 4.21 Å². The van der Waals surface area contributed by atoms with E-state index in [2.05, 4.69) is 4.98 Å². The van der Waals surface area contributed by atoms with Crippen LogP contribution >= 0.6 is 0 Å². The number of hydrogen-bond donors (Lipinski definition) is 1. The lowest BCUT2D eigenvalue weighted by Crippen LogP contribution is -1.93. The van der Waals surface area contributed by atoms with Crippen LogP contribution in [0.1, 0.15) is 0 Å². The van der Waals surface area contributed by atoms with E-state index in [-0.39, 0.29) is 0 Å². The minimum absolute atomic E-state index is 0.530. The Morgan fingerprint density at radius 1 is 1.50 bits per heavy atom. The normalized spacial score (nSPS) is 16.1. The molecule has 0 fully saturated rings. The van der Waals surface area contributed by atoms with Gasteiger partial charge in [-0.3, -0.25) is 4.98 Å². The van der Waals surface area contributed by atoms with Crippen molar-refractivity contribution in [3.8, 4) is 0 Å². The molecular formula is C6H8N2OS. The number of hydrogen-bond acceptors (Lipinski definition) is 3. The van der Waals surface area contributed by atoms with Crippen molar-refractivity contribution in [2.24, 2.45) is 0 Å². The van der Waals surface area contributed by atoms with Crippen molar-refractivity contribution in [2.75, 3.05) is 6.26 Å². The van der Waals surface area contributed by atoms with Gasteiger partial charge in [0, 0.05) is 23.5 Å². The van der Waals surface area contributed by atoms with E-state index in [0.717, 1.165) is 0 Å². The van der Waals surface area contributed by atoms with Crippen LogP contribution in [0.5, 0.6) is 0 Å². The van der Waals surface area contributed by atoms with Gasteiger partial charge in [-0.2, -0.15) is 0 Å². The molecule has 1 rings (SSSR count). The zero-order valence-electron chi connectivity index (χ0n) is 5.57. The highest BCUT2D eigenvalue weighted by molar-refractivity contribution is 7.91. The van der Waals surface area contributed by atoms with Crippen LogP contribution in [0.3, 0.4) is 0 Å². The summed E-state index contributed by atoms with van der Waals surface area (Å²) in [5.41, 5.74) is 0. The summed E-state index contributed by atoms with van der Waals surface area (Å²) in [5, 5.41) is 0. The largest absolute Gasteiger partial charge is 0.265 e. The first-order valence-electron chi connectivity index (χ1n) is 2.74. The molecule has 0 aliphatic heterocycles. The highest BCUT2D eigenvalue weighted by Gasteiger charge is 1.99. The summed E-state index contributed by atoms with van der Waals surface area (Å²) in [7, 11) is -2.54. The first kappa shape index (κ1) is 7.21. The Hall–Kier alpha value is -0.900. The second-order valence-corrected chi connectivity index (χ2v) is 4.19. The molecule has 0 aliphatic rings. The summed E-state index contributed by atoms with van der Waals surface area (Å²) in [4.78, 5) is 4.28. The number of pyridine rings is 1. The third-order valence-corrected chi connectivity index (χ3v) is 2.27. The second kappa shape index (κ2) is 2.38. The fourth-order valence-corrected chi connectivity index (χ4v) is 1.24. The van der Waals surface area contributed by atoms with Gasteiger partial charge in [-0.05, 0) is 12.1 Å². The van der Waals surface area contributed by atoms with E-state index >= 15 is 0 Å². The average Bonchev–Trinajstić information content (AvgIpc) is 1.88. The van der Waals surface area contributed by atoms with Crippen molar-refractivity contribution in [2.45, 2.75) is 4.90 Å². The van der Waals surface area contributed by atoms with Gasteiger partial charge in [-0.1, -0.05) is 0 Å². The molecule has 0 bridgehead atoms. The number of nitrogens with zero attached hydrogens (tertiary/aromatic N) is 1. The van der Waals surface area contributed by atoms with Crippen molar-refractivity contribution >= 4 is 9.73 Å². The fourth-order valence-electron chi connectivity index (χ4n) is 0.598. The molecule has 10 heavy (non-hydrogen) atoms. The van der Waals surface area contributed by atoms with Crippen LogP contribution in [0, 0.1) is 4.78 Å². The monoisotopic (exact) mass is 156 g/mol. The van der Waals surface area contributed by atoms with Crippen LogP contribution in [0.15, 0.2) is 29.4 Å². The summed E-state index contributed by atoms with van der Waals surface area (Å²) < 4.78 is 18.2. The molecule has 1 aromatic heterocycles. The van der Waals surface area contributed by atoms with Gasteiger partial charge in [0.2, 0.25) is 0 Å². The maximum absolute atomic E-state index is 11.0. The topological polar surface area (TPSA) is 53.8 Å². The van der Waals surface area contributed by atoms with E-state index in [1.165, 1.54) is 18.6 Å². The van der Waals surface area contributed by atoms with Gasteiger partial charge < -0.3 is 0 Å². The van der Waals surface area contributed by atoms with Crippen LogP contribution in [-0.4, -0.2) is 15.4 Å². The standard InChI is InChI=1S/C6H8N2OS/c1-10(7,9)6-2-4-8-5-3-6/h2-5,7H,1H3. The molecule has 1 aromatic rings. The third-order valence-electron chi connectivity index (χ3n) is 1.10. The van der Waals surface area contributed by atoms with Crippen LogP contribution in [-0.2, 0) is 9.73 Å². The molecule has 4 heteroatoms. The first-order chi connectivity index (χ1) is 4.61. The minimum Gasteiger partial charge on any atom is -0.265 e. The molecule has 1 atom stereocenters. The zero-order chi connectivity index (χ0) is 7.61. The highest BCUT2D eigenvalue weighted by atomic mass is 32.2. The Kier molecular flexibility index (Phi) is 1.72. The van der Waals surface area contributed by atoms with Crippen LogP contribution in [0.4, 0.5) is 0 Å². The molecule has 0 amide bonds. The maximum atomic E-state index is 11.0. The third kappa shape index (κ3) is 1.54. The highest BCUT2D eigenvalue weighted by Crippen LogP contribution is 2.05. The van der Waals surface area contributed by atoms with Crippen LogP contribution < -0.4 is 0 Å². The predicted molar refractivity (Wildman–Crippen MR) is 39.3 cm³/mol. The Morgan fingerprint density at radius 3 is 2.30 bits per heavy atom. The van der Waals surface area contributed by atoms with Crippen LogP contribution in [0.2, 0.25) is 0 Å². The lowest BCUT2D eigenvalue weighted by molar-refractivity contribution is 0.679. The summed E-state index contributed by atoms with van der Waals surface area (Å²) in [5.74, 6) is 0. The van der Waals surface area contributed by atoms with Crippen molar-refractivity contribution in [3.63, 3.8) is 0 Å². The molecule has 1 unspecified atom stereocenters. The minimum atomic E-state index is -2.54. The van der Waals surface area contributed by atoms with Gasteiger partial charge in [0.1, 0.15) is 0 Å². The molecule has 0 aromatic carbocycles. The number of nitrogens with one attached hydrogen (secondary N) is 1. The van der Waals surface area contributed by atoms with Crippen molar-refractivity contribution in [3.05, 3.63) is 24.5 Å². The van der Waals surface area contributed by atoms with E-state index < -0.39 is 9.73 Å². The lowest BCUT2D eigenvalue weighted by atomic mass is 10.5. The maximum Gasteiger partial charge on any atom is 0.0697 e. The Balaban J connectivity index is 3.22. The molecule has 3 nitrogen and oxygen atoms in total. The van der Waals surface area contributed by atoms with Crippen molar-refractivity contribution in [1.82, 2.24) is 4.98 Å². The molecule has 0 saturated heterocycles. The molecule has 1 N–H and O–H groups in total. The van der Waals surface area contributed by atoms with Crippen molar-refractivity contribution in [1.29, 1.82) is 4.78 Å². The van der Waals surface area contributed by atoms with E-state index in [1.807, 2.05) is 0 Å². The lowest BCUT2D eigenvalue weighted by Gasteiger charge is -1.96. The van der Waals surface area contributed by atoms with E-state index in [1.54, 1.807) is 12.1 Å². The molecule has 0 aliphatic carbocycles. The first-order valence-corrected chi connectivity index (χ1v) is 4.71. The van der Waals surface area contributed by atoms with E-state index in [0.29, 0.717) is 4.90 Å². The molecule has 0 spiro atoms. The van der Waals surface area contributed by atoms with Gasteiger partial charge in [0.25, 0.3) is 0 Å². The smallest absolute Gasteiger partial charge is 0.0697 e. The molecule has 1 heterocycles. The fraction of sp³-hybridized carbons (Fsp3) is 0.167. The Morgan fingerprint density at radius 2 is 2.00 bits per heavy atom. The summed E-state index contributed by atoms with van der Waals surface area (Å²) >= 11 is 0. The quantitative estimate of drug-likeness (QED) is 0.662. The second-order valence-electron chi connectivity index (χ2n) is 2.03. The average molecular weight is 156 g/mol. The number of rotatable bonds is 1. The summed E-state index contributed by atoms with van der Waals surface area (Å²) in [6.07, 6.45) is 4.46. The van der Waals surface area contributed by atoms with Gasteiger partial charge in [-0.15, -0.1) is 0 Å². The summed E-state index contributed by atoms with van der Waals surface area (Å²) in [6, 6.07) is 3.19. The van der Waals surface area contributed by atoms with Gasteiger partial charge >= 0.3 is 0 Å². The number of aromatic nitrogens is 1. The molecule has 54 valence electrons. The molecule has 0 saturated carbocycles. The Bertz CT molecular complexity index is 304. The van der Waals surface area contributed by atoms with Crippen LogP contribution in [0.25, 0.3) is 0 Å². The Labute approximate surface area is 60.1 Å². The molecule has 0 radical (unpaired) electrons. The van der Waals surface area contributed by atoms with Gasteiger partial charge in [0.15, 0.2) is 0 Å². The van der Waals surface area contributed by atoms with Gasteiger partial charge in [0.05, 0.1) is 9.73 Å². The molecular weight excluding hydrogens is 148 g/mol. The van der Waals surface area contributed by atoms with E-state index in [4.69, 9.17) is 4.78 Å².